The first kappa shape index (κ1) is 11.9. The Labute approximate surface area is 104 Å². The van der Waals surface area contributed by atoms with Crippen LogP contribution in [0.2, 0.25) is 5.02 Å². The monoisotopic (exact) mass is 250 g/mol. The number of hydrogen-bond donors (Lipinski definition) is 2. The van der Waals surface area contributed by atoms with E-state index in [1.54, 1.807) is 12.1 Å². The van der Waals surface area contributed by atoms with Crippen LogP contribution < -0.4 is 11.1 Å². The number of halogens is 2. The Kier molecular flexibility index (Phi) is 3.61. The van der Waals surface area contributed by atoms with Gasteiger partial charge in [0.2, 0.25) is 0 Å². The first-order valence-corrected chi connectivity index (χ1v) is 5.58. The van der Waals surface area contributed by atoms with Crippen LogP contribution in [0.5, 0.6) is 0 Å². The second kappa shape index (κ2) is 5.17. The van der Waals surface area contributed by atoms with Gasteiger partial charge in [0.1, 0.15) is 5.82 Å². The summed E-state index contributed by atoms with van der Waals surface area (Å²) in [5.74, 6) is -0.421. The second-order valence-electron chi connectivity index (χ2n) is 3.65. The summed E-state index contributed by atoms with van der Waals surface area (Å²) in [5.41, 5.74) is 8.23. The van der Waals surface area contributed by atoms with Crippen molar-refractivity contribution >= 4 is 23.0 Å². The van der Waals surface area contributed by atoms with Gasteiger partial charge in [-0.25, -0.2) is 4.39 Å². The van der Waals surface area contributed by atoms with Gasteiger partial charge in [-0.15, -0.1) is 0 Å². The number of hydrogen-bond acceptors (Lipinski definition) is 2. The number of anilines is 2. The third-order valence-corrected chi connectivity index (χ3v) is 2.69. The highest BCUT2D eigenvalue weighted by atomic mass is 35.5. The predicted octanol–water partition coefficient (Wildman–Crippen LogP) is 3.68. The molecule has 4 heteroatoms. The smallest absolute Gasteiger partial charge is 0.141 e. The summed E-state index contributed by atoms with van der Waals surface area (Å²) in [6.07, 6.45) is 0. The van der Waals surface area contributed by atoms with Gasteiger partial charge in [-0.2, -0.15) is 0 Å². The highest BCUT2D eigenvalue weighted by Crippen LogP contribution is 2.22. The Balaban J connectivity index is 2.16. The summed E-state index contributed by atoms with van der Waals surface area (Å²) in [6.45, 7) is 0.517. The summed E-state index contributed by atoms with van der Waals surface area (Å²) >= 11 is 5.70. The van der Waals surface area contributed by atoms with Crippen molar-refractivity contribution in [1.82, 2.24) is 0 Å². The Bertz CT molecular complexity index is 511. The standard InChI is InChI=1S/C13H12ClFN2/c14-12-7-11(5-6-13(12)15)17-10-3-1-9(8-16)2-4-10/h1-7,17H,8,16H2. The van der Waals surface area contributed by atoms with E-state index < -0.39 is 5.82 Å². The largest absolute Gasteiger partial charge is 0.355 e. The maximum Gasteiger partial charge on any atom is 0.141 e. The van der Waals surface area contributed by atoms with E-state index in [-0.39, 0.29) is 5.02 Å². The molecule has 0 saturated carbocycles. The predicted molar refractivity (Wildman–Crippen MR) is 69.0 cm³/mol. The summed E-state index contributed by atoms with van der Waals surface area (Å²) < 4.78 is 13.0. The lowest BCUT2D eigenvalue weighted by Crippen LogP contribution is -1.96. The van der Waals surface area contributed by atoms with E-state index in [0.29, 0.717) is 6.54 Å². The van der Waals surface area contributed by atoms with E-state index in [2.05, 4.69) is 5.32 Å². The lowest BCUT2D eigenvalue weighted by molar-refractivity contribution is 0.628. The molecule has 0 aliphatic heterocycles. The van der Waals surface area contributed by atoms with E-state index in [4.69, 9.17) is 17.3 Å². The minimum Gasteiger partial charge on any atom is -0.355 e. The summed E-state index contributed by atoms with van der Waals surface area (Å²) in [5, 5.41) is 3.24. The minimum absolute atomic E-state index is 0.105. The molecule has 2 rings (SSSR count). The molecule has 0 bridgehead atoms. The van der Waals surface area contributed by atoms with Crippen LogP contribution >= 0.6 is 11.6 Å². The van der Waals surface area contributed by atoms with Gasteiger partial charge in [-0.1, -0.05) is 23.7 Å². The van der Waals surface area contributed by atoms with Gasteiger partial charge in [-0.05, 0) is 35.9 Å². The van der Waals surface area contributed by atoms with E-state index in [0.717, 1.165) is 16.9 Å². The molecule has 0 amide bonds. The lowest BCUT2D eigenvalue weighted by Gasteiger charge is -2.07. The van der Waals surface area contributed by atoms with Crippen LogP contribution in [0.3, 0.4) is 0 Å². The van der Waals surface area contributed by atoms with Crippen LogP contribution in [0.1, 0.15) is 5.56 Å². The van der Waals surface area contributed by atoms with Crippen molar-refractivity contribution in [1.29, 1.82) is 0 Å². The van der Waals surface area contributed by atoms with Crippen molar-refractivity contribution in [2.24, 2.45) is 5.73 Å². The van der Waals surface area contributed by atoms with Gasteiger partial charge >= 0.3 is 0 Å². The summed E-state index contributed by atoms with van der Waals surface area (Å²) in [6, 6.07) is 12.2. The fraction of sp³-hybridized carbons (Fsp3) is 0.0769. The number of nitrogens with two attached hydrogens (primary N) is 1. The molecule has 2 aromatic carbocycles. The van der Waals surface area contributed by atoms with Crippen molar-refractivity contribution in [2.75, 3.05) is 5.32 Å². The van der Waals surface area contributed by atoms with Gasteiger partial charge in [0, 0.05) is 17.9 Å². The molecule has 0 fully saturated rings. The zero-order valence-corrected chi connectivity index (χ0v) is 9.84. The van der Waals surface area contributed by atoms with Crippen molar-refractivity contribution in [2.45, 2.75) is 6.54 Å². The fourth-order valence-electron chi connectivity index (χ4n) is 1.46. The Morgan fingerprint density at radius 2 is 1.71 bits per heavy atom. The quantitative estimate of drug-likeness (QED) is 0.872. The van der Waals surface area contributed by atoms with Gasteiger partial charge in [0.15, 0.2) is 0 Å². The molecular weight excluding hydrogens is 239 g/mol. The molecule has 0 heterocycles. The topological polar surface area (TPSA) is 38.0 Å². The molecule has 0 aliphatic rings. The maximum absolute atomic E-state index is 13.0. The summed E-state index contributed by atoms with van der Waals surface area (Å²) in [4.78, 5) is 0. The van der Waals surface area contributed by atoms with E-state index in [1.807, 2.05) is 24.3 Å². The van der Waals surface area contributed by atoms with Crippen LogP contribution in [0, 0.1) is 5.82 Å². The van der Waals surface area contributed by atoms with E-state index in [1.165, 1.54) is 6.07 Å². The first-order valence-electron chi connectivity index (χ1n) is 5.20. The van der Waals surface area contributed by atoms with Gasteiger partial charge < -0.3 is 11.1 Å². The highest BCUT2D eigenvalue weighted by Gasteiger charge is 2.01. The molecule has 2 nitrogen and oxygen atoms in total. The van der Waals surface area contributed by atoms with Gasteiger partial charge in [-0.3, -0.25) is 0 Å². The van der Waals surface area contributed by atoms with Crippen molar-refractivity contribution < 1.29 is 4.39 Å². The molecule has 0 atom stereocenters. The normalized spacial score (nSPS) is 10.3. The van der Waals surface area contributed by atoms with Crippen LogP contribution in [0.4, 0.5) is 15.8 Å². The molecule has 0 aliphatic carbocycles. The van der Waals surface area contributed by atoms with Crippen molar-refractivity contribution in [3.63, 3.8) is 0 Å². The number of rotatable bonds is 3. The van der Waals surface area contributed by atoms with Crippen LogP contribution in [0.25, 0.3) is 0 Å². The fourth-order valence-corrected chi connectivity index (χ4v) is 1.65. The molecule has 88 valence electrons. The molecule has 2 aromatic rings. The molecule has 0 saturated heterocycles. The molecule has 0 radical (unpaired) electrons. The van der Waals surface area contributed by atoms with Crippen LogP contribution in [-0.4, -0.2) is 0 Å². The zero-order valence-electron chi connectivity index (χ0n) is 9.08. The van der Waals surface area contributed by atoms with Crippen LogP contribution in [0.15, 0.2) is 42.5 Å². The third-order valence-electron chi connectivity index (χ3n) is 2.40. The van der Waals surface area contributed by atoms with Gasteiger partial charge in [0.25, 0.3) is 0 Å². The molecule has 3 N–H and O–H groups in total. The summed E-state index contributed by atoms with van der Waals surface area (Å²) in [7, 11) is 0. The Morgan fingerprint density at radius 3 is 2.29 bits per heavy atom. The first-order chi connectivity index (χ1) is 8.19. The van der Waals surface area contributed by atoms with Crippen LogP contribution in [-0.2, 0) is 6.54 Å². The molecular formula is C13H12ClFN2. The molecule has 17 heavy (non-hydrogen) atoms. The molecule has 0 aromatic heterocycles. The number of benzene rings is 2. The third kappa shape index (κ3) is 2.96. The van der Waals surface area contributed by atoms with Gasteiger partial charge in [0.05, 0.1) is 5.02 Å². The Hall–Kier alpha value is -1.58. The van der Waals surface area contributed by atoms with E-state index in [9.17, 15) is 4.39 Å². The number of nitrogens with one attached hydrogen (secondary N) is 1. The van der Waals surface area contributed by atoms with Crippen molar-refractivity contribution in [3.05, 3.63) is 58.9 Å². The second-order valence-corrected chi connectivity index (χ2v) is 4.06. The average Bonchev–Trinajstić information content (AvgIpc) is 2.35. The maximum atomic E-state index is 13.0. The van der Waals surface area contributed by atoms with E-state index >= 15 is 0 Å². The SMILES string of the molecule is NCc1ccc(Nc2ccc(F)c(Cl)c2)cc1. The average molecular weight is 251 g/mol. The Morgan fingerprint density at radius 1 is 1.06 bits per heavy atom. The molecule has 0 unspecified atom stereocenters. The minimum atomic E-state index is -0.421. The van der Waals surface area contributed by atoms with Crippen molar-refractivity contribution in [3.8, 4) is 0 Å². The zero-order chi connectivity index (χ0) is 12.3. The highest BCUT2D eigenvalue weighted by molar-refractivity contribution is 6.31. The lowest BCUT2D eigenvalue weighted by atomic mass is 10.2. The molecule has 0 spiro atoms.